The van der Waals surface area contributed by atoms with Crippen LogP contribution in [0.25, 0.3) is 11.0 Å². The molecule has 1 N–H and O–H groups in total. The molecule has 0 bridgehead atoms. The molecule has 2 heterocycles. The van der Waals surface area contributed by atoms with Gasteiger partial charge in [0.1, 0.15) is 5.58 Å². The number of nitrogens with zero attached hydrogens (tertiary/aromatic N) is 2. The zero-order chi connectivity index (χ0) is 23.3. The van der Waals surface area contributed by atoms with Crippen LogP contribution < -0.4 is 10.2 Å². The van der Waals surface area contributed by atoms with E-state index in [4.69, 9.17) is 4.42 Å². The molecule has 0 radical (unpaired) electrons. The van der Waals surface area contributed by atoms with Gasteiger partial charge in [-0.1, -0.05) is 43.3 Å². The van der Waals surface area contributed by atoms with E-state index in [0.29, 0.717) is 5.92 Å². The number of likely N-dealkylation sites (tertiary alicyclic amines) is 1. The fraction of sp³-hybridized carbons (Fsp3) is 0.276. The molecule has 5 heteroatoms. The fourth-order valence-corrected chi connectivity index (χ4v) is 4.94. The van der Waals surface area contributed by atoms with Crippen LogP contribution in [0.4, 0.5) is 21.9 Å². The number of furan rings is 1. The van der Waals surface area contributed by atoms with Gasteiger partial charge < -0.3 is 14.6 Å². The minimum Gasteiger partial charge on any atom is -0.464 e. The molecule has 1 aliphatic rings. The maximum atomic E-state index is 13.5. The molecule has 34 heavy (non-hydrogen) atoms. The molecule has 174 valence electrons. The van der Waals surface area contributed by atoms with Gasteiger partial charge in [-0.15, -0.1) is 0 Å². The van der Waals surface area contributed by atoms with Crippen molar-refractivity contribution in [3.63, 3.8) is 0 Å². The molecule has 2 amide bonds. The van der Waals surface area contributed by atoms with Gasteiger partial charge >= 0.3 is 6.03 Å². The monoisotopic (exact) mass is 453 g/mol. The Hall–Kier alpha value is -3.57. The largest absolute Gasteiger partial charge is 0.464 e. The van der Waals surface area contributed by atoms with Crippen LogP contribution in [0.5, 0.6) is 0 Å². The quantitative estimate of drug-likeness (QED) is 0.331. The van der Waals surface area contributed by atoms with Crippen molar-refractivity contribution in [3.8, 4) is 0 Å². The fourth-order valence-electron chi connectivity index (χ4n) is 4.94. The van der Waals surface area contributed by atoms with Gasteiger partial charge in [-0.25, -0.2) is 4.79 Å². The van der Waals surface area contributed by atoms with Gasteiger partial charge in [-0.2, -0.15) is 0 Å². The Bertz CT molecular complexity index is 1190. The minimum absolute atomic E-state index is 0.199. The molecule has 5 nitrogen and oxygen atoms in total. The van der Waals surface area contributed by atoms with Gasteiger partial charge in [-0.3, -0.25) is 4.90 Å². The summed E-state index contributed by atoms with van der Waals surface area (Å²) < 4.78 is 5.89. The van der Waals surface area contributed by atoms with E-state index in [9.17, 15) is 4.79 Å². The van der Waals surface area contributed by atoms with Crippen LogP contribution >= 0.6 is 0 Å². The second kappa shape index (κ2) is 10.1. The molecule has 1 fully saturated rings. The van der Waals surface area contributed by atoms with E-state index in [1.54, 1.807) is 4.90 Å². The SMILES string of the molecule is CCCN1CCC(c2coc3ccc(NC(=O)N(c4ccccc4)c4ccccc4)cc23)CC1. The van der Waals surface area contributed by atoms with E-state index in [2.05, 4.69) is 23.2 Å². The number of hydrogen-bond donors (Lipinski definition) is 1. The van der Waals surface area contributed by atoms with E-state index < -0.39 is 0 Å². The van der Waals surface area contributed by atoms with E-state index in [0.717, 1.165) is 54.0 Å². The number of fused-ring (bicyclic) bond motifs is 1. The average Bonchev–Trinajstić information content (AvgIpc) is 3.29. The third-order valence-electron chi connectivity index (χ3n) is 6.65. The Labute approximate surface area is 201 Å². The maximum Gasteiger partial charge on any atom is 0.330 e. The van der Waals surface area contributed by atoms with Crippen molar-refractivity contribution >= 4 is 34.1 Å². The summed E-state index contributed by atoms with van der Waals surface area (Å²) in [5, 5.41) is 4.21. The molecule has 0 saturated carbocycles. The lowest BCUT2D eigenvalue weighted by Crippen LogP contribution is -2.33. The average molecular weight is 454 g/mol. The lowest BCUT2D eigenvalue weighted by molar-refractivity contribution is 0.213. The van der Waals surface area contributed by atoms with E-state index in [1.165, 1.54) is 18.5 Å². The summed E-state index contributed by atoms with van der Waals surface area (Å²) in [6.45, 7) is 5.67. The number of piperidine rings is 1. The van der Waals surface area contributed by atoms with Gasteiger partial charge in [0.2, 0.25) is 0 Å². The molecule has 0 unspecified atom stereocenters. The normalized spacial score (nSPS) is 14.9. The Morgan fingerprint density at radius 3 is 2.24 bits per heavy atom. The van der Waals surface area contributed by atoms with Gasteiger partial charge in [0, 0.05) is 16.6 Å². The molecular weight excluding hydrogens is 422 g/mol. The number of hydrogen-bond acceptors (Lipinski definition) is 3. The molecule has 1 saturated heterocycles. The number of rotatable bonds is 6. The zero-order valence-electron chi connectivity index (χ0n) is 19.6. The van der Waals surface area contributed by atoms with Crippen LogP contribution in [0.2, 0.25) is 0 Å². The molecule has 0 aliphatic carbocycles. The summed E-state index contributed by atoms with van der Waals surface area (Å²) in [4.78, 5) is 17.7. The first-order valence-electron chi connectivity index (χ1n) is 12.2. The smallest absolute Gasteiger partial charge is 0.330 e. The number of carbonyl (C=O) groups excluding carboxylic acids is 1. The Morgan fingerprint density at radius 1 is 0.971 bits per heavy atom. The van der Waals surface area contributed by atoms with Gasteiger partial charge in [0.05, 0.1) is 17.6 Å². The number of anilines is 3. The van der Waals surface area contributed by atoms with Crippen LogP contribution in [0.3, 0.4) is 0 Å². The minimum atomic E-state index is -0.199. The van der Waals surface area contributed by atoms with Crippen molar-refractivity contribution in [1.82, 2.24) is 4.90 Å². The van der Waals surface area contributed by atoms with Gasteiger partial charge in [0.25, 0.3) is 0 Å². The molecule has 1 aromatic heterocycles. The third-order valence-corrected chi connectivity index (χ3v) is 6.65. The predicted molar refractivity (Wildman–Crippen MR) is 139 cm³/mol. The zero-order valence-corrected chi connectivity index (χ0v) is 19.6. The van der Waals surface area contributed by atoms with Crippen molar-refractivity contribution in [1.29, 1.82) is 0 Å². The molecule has 4 aromatic rings. The summed E-state index contributed by atoms with van der Waals surface area (Å²) in [5.41, 5.74) is 4.52. The van der Waals surface area contributed by atoms with E-state index in [-0.39, 0.29) is 6.03 Å². The molecule has 3 aromatic carbocycles. The van der Waals surface area contributed by atoms with Crippen LogP contribution in [-0.4, -0.2) is 30.6 Å². The summed E-state index contributed by atoms with van der Waals surface area (Å²) in [5.74, 6) is 0.491. The standard InChI is InChI=1S/C29H31N3O2/c1-2-17-31-18-15-22(16-19-31)27-21-34-28-14-13-23(20-26(27)28)30-29(33)32(24-9-5-3-6-10-24)25-11-7-4-8-12-25/h3-14,20-22H,2,15-19H2,1H3,(H,30,33). The van der Waals surface area contributed by atoms with Crippen LogP contribution in [-0.2, 0) is 0 Å². The molecule has 0 spiro atoms. The summed E-state index contributed by atoms with van der Waals surface area (Å²) in [7, 11) is 0. The highest BCUT2D eigenvalue weighted by Gasteiger charge is 2.24. The molecule has 5 rings (SSSR count). The van der Waals surface area contributed by atoms with Gasteiger partial charge in [-0.05, 0) is 87.3 Å². The number of carbonyl (C=O) groups is 1. The predicted octanol–water partition coefficient (Wildman–Crippen LogP) is 7.39. The summed E-state index contributed by atoms with van der Waals surface area (Å²) in [6, 6.07) is 25.1. The van der Waals surface area contributed by atoms with Crippen molar-refractivity contribution in [3.05, 3.63) is 90.7 Å². The first kappa shape index (κ1) is 22.2. The molecular formula is C29H31N3O2. The van der Waals surface area contributed by atoms with Crippen molar-refractivity contribution in [2.75, 3.05) is 29.9 Å². The first-order chi connectivity index (χ1) is 16.7. The second-order valence-electron chi connectivity index (χ2n) is 8.95. The maximum absolute atomic E-state index is 13.5. The number of para-hydroxylation sites is 2. The highest BCUT2D eigenvalue weighted by atomic mass is 16.3. The van der Waals surface area contributed by atoms with Crippen LogP contribution in [0.1, 0.15) is 37.7 Å². The molecule has 1 aliphatic heterocycles. The van der Waals surface area contributed by atoms with Crippen LogP contribution in [0.15, 0.2) is 89.5 Å². The van der Waals surface area contributed by atoms with Crippen molar-refractivity contribution < 1.29 is 9.21 Å². The summed E-state index contributed by atoms with van der Waals surface area (Å²) >= 11 is 0. The van der Waals surface area contributed by atoms with Crippen molar-refractivity contribution in [2.24, 2.45) is 0 Å². The summed E-state index contributed by atoms with van der Waals surface area (Å²) in [6.07, 6.45) is 5.39. The van der Waals surface area contributed by atoms with Crippen LogP contribution in [0, 0.1) is 0 Å². The van der Waals surface area contributed by atoms with Gasteiger partial charge in [0.15, 0.2) is 0 Å². The highest BCUT2D eigenvalue weighted by Crippen LogP contribution is 2.36. The second-order valence-corrected chi connectivity index (χ2v) is 8.95. The number of nitrogens with one attached hydrogen (secondary N) is 1. The third kappa shape index (κ3) is 4.70. The Kier molecular flexibility index (Phi) is 6.63. The number of urea groups is 1. The highest BCUT2D eigenvalue weighted by molar-refractivity contribution is 6.07. The Balaban J connectivity index is 1.39. The van der Waals surface area contributed by atoms with E-state index >= 15 is 0 Å². The first-order valence-corrected chi connectivity index (χ1v) is 12.2. The lowest BCUT2D eigenvalue weighted by Gasteiger charge is -2.31. The molecule has 0 atom stereocenters. The lowest BCUT2D eigenvalue weighted by atomic mass is 9.89. The number of amides is 2. The topological polar surface area (TPSA) is 48.7 Å². The Morgan fingerprint density at radius 2 is 1.62 bits per heavy atom. The number of benzene rings is 3. The van der Waals surface area contributed by atoms with E-state index in [1.807, 2.05) is 79.1 Å². The van der Waals surface area contributed by atoms with Crippen molar-refractivity contribution in [2.45, 2.75) is 32.1 Å².